The van der Waals surface area contributed by atoms with Crippen molar-refractivity contribution in [2.75, 3.05) is 10.6 Å². The highest BCUT2D eigenvalue weighted by Crippen LogP contribution is 2.38. The van der Waals surface area contributed by atoms with Gasteiger partial charge < -0.3 is 9.46 Å². The fourth-order valence-electron chi connectivity index (χ4n) is 1.36. The largest absolute Gasteiger partial charge is 0.473 e. The normalized spacial score (nSPS) is 18.9. The summed E-state index contributed by atoms with van der Waals surface area (Å²) in [6, 6.07) is 4.85. The molecule has 0 saturated heterocycles. The number of fused-ring (bicyclic) bond motifs is 1. The molecule has 1 aliphatic rings. The van der Waals surface area contributed by atoms with Gasteiger partial charge in [-0.25, -0.2) is 4.39 Å². The molecule has 5 heteroatoms. The average molecular weight is 248 g/mol. The van der Waals surface area contributed by atoms with E-state index in [2.05, 4.69) is 4.72 Å². The number of rotatable bonds is 3. The van der Waals surface area contributed by atoms with Crippen molar-refractivity contribution >= 4 is 29.2 Å². The van der Waals surface area contributed by atoms with Gasteiger partial charge in [-0.05, 0) is 36.9 Å². The van der Waals surface area contributed by atoms with Crippen molar-refractivity contribution in [2.45, 2.75) is 18.3 Å². The molecular formula is C10H11ClFNOS. The first-order valence-corrected chi connectivity index (χ1v) is 6.15. The van der Waals surface area contributed by atoms with Crippen molar-refractivity contribution in [2.24, 2.45) is 0 Å². The van der Waals surface area contributed by atoms with E-state index in [4.69, 9.17) is 16.3 Å². The molecule has 2 rings (SSSR count). The van der Waals surface area contributed by atoms with Crippen LogP contribution < -0.4 is 9.46 Å². The predicted molar refractivity (Wildman–Crippen MR) is 62.0 cm³/mol. The second-order valence-electron chi connectivity index (χ2n) is 3.22. The Bertz CT molecular complexity index is 350. The molecule has 1 atom stereocenters. The maximum atomic E-state index is 13.4. The average Bonchev–Trinajstić information content (AvgIpc) is 2.27. The highest BCUT2D eigenvalue weighted by atomic mass is 35.5. The van der Waals surface area contributed by atoms with Crippen LogP contribution in [-0.4, -0.2) is 11.3 Å². The van der Waals surface area contributed by atoms with Crippen molar-refractivity contribution in [1.29, 1.82) is 0 Å². The van der Waals surface area contributed by atoms with Crippen LogP contribution in [0.5, 0.6) is 5.75 Å². The van der Waals surface area contributed by atoms with Gasteiger partial charge >= 0.3 is 0 Å². The summed E-state index contributed by atoms with van der Waals surface area (Å²) in [7, 11) is 0. The third-order valence-electron chi connectivity index (χ3n) is 2.09. The standard InChI is InChI=1S/C10H11ClFNOS/c11-6-2-5-9-14-10-7(12)3-1-4-8(10)13-15-9/h1,3-4,9,13H,2,5-6H2. The number of benzene rings is 1. The Morgan fingerprint density at radius 2 is 2.40 bits per heavy atom. The molecule has 82 valence electrons. The summed E-state index contributed by atoms with van der Waals surface area (Å²) < 4.78 is 22.0. The van der Waals surface area contributed by atoms with E-state index in [0.29, 0.717) is 17.3 Å². The minimum atomic E-state index is -0.323. The number of alkyl halides is 1. The van der Waals surface area contributed by atoms with E-state index < -0.39 is 0 Å². The fraction of sp³-hybridized carbons (Fsp3) is 0.400. The van der Waals surface area contributed by atoms with Crippen LogP contribution in [0.4, 0.5) is 10.1 Å². The van der Waals surface area contributed by atoms with E-state index in [0.717, 1.165) is 12.8 Å². The Balaban J connectivity index is 2.08. The minimum absolute atomic E-state index is 0.0619. The van der Waals surface area contributed by atoms with Crippen LogP contribution in [0.2, 0.25) is 0 Å². The van der Waals surface area contributed by atoms with Crippen molar-refractivity contribution in [3.63, 3.8) is 0 Å². The van der Waals surface area contributed by atoms with Gasteiger partial charge in [0.1, 0.15) is 0 Å². The molecule has 1 aliphatic heterocycles. The quantitative estimate of drug-likeness (QED) is 0.651. The van der Waals surface area contributed by atoms with Crippen LogP contribution >= 0.6 is 23.5 Å². The van der Waals surface area contributed by atoms with Gasteiger partial charge in [-0.15, -0.1) is 11.6 Å². The lowest BCUT2D eigenvalue weighted by atomic mass is 10.3. The third-order valence-corrected chi connectivity index (χ3v) is 3.29. The number of nitrogens with one attached hydrogen (secondary N) is 1. The Morgan fingerprint density at radius 1 is 1.53 bits per heavy atom. The Morgan fingerprint density at radius 3 is 3.20 bits per heavy atom. The summed E-state index contributed by atoms with van der Waals surface area (Å²) in [5, 5.41) is 0. The Kier molecular flexibility index (Phi) is 3.59. The second kappa shape index (κ2) is 4.94. The zero-order valence-corrected chi connectivity index (χ0v) is 9.58. The fourth-order valence-corrected chi connectivity index (χ4v) is 2.36. The maximum Gasteiger partial charge on any atom is 0.180 e. The van der Waals surface area contributed by atoms with Gasteiger partial charge in [0.2, 0.25) is 0 Å². The molecule has 1 aromatic rings. The first-order chi connectivity index (χ1) is 7.31. The molecule has 0 fully saturated rings. The molecule has 0 bridgehead atoms. The van der Waals surface area contributed by atoms with Crippen LogP contribution in [0.25, 0.3) is 0 Å². The van der Waals surface area contributed by atoms with E-state index >= 15 is 0 Å². The van der Waals surface area contributed by atoms with E-state index in [1.807, 2.05) is 0 Å². The number of para-hydroxylation sites is 1. The predicted octanol–water partition coefficient (Wildman–Crippen LogP) is 3.62. The minimum Gasteiger partial charge on any atom is -0.473 e. The molecule has 1 heterocycles. The van der Waals surface area contributed by atoms with Gasteiger partial charge in [0.15, 0.2) is 17.0 Å². The van der Waals surface area contributed by atoms with Crippen molar-refractivity contribution < 1.29 is 9.13 Å². The van der Waals surface area contributed by atoms with Crippen molar-refractivity contribution in [1.82, 2.24) is 0 Å². The smallest absolute Gasteiger partial charge is 0.180 e. The SMILES string of the molecule is Fc1cccc2c1OC(CCCCl)SN2. The van der Waals surface area contributed by atoms with Gasteiger partial charge in [-0.1, -0.05) is 6.07 Å². The van der Waals surface area contributed by atoms with Crippen molar-refractivity contribution in [3.8, 4) is 5.75 Å². The zero-order valence-electron chi connectivity index (χ0n) is 8.00. The van der Waals surface area contributed by atoms with Gasteiger partial charge in [0.25, 0.3) is 0 Å². The molecule has 0 aliphatic carbocycles. The lowest BCUT2D eigenvalue weighted by molar-refractivity contribution is 0.262. The molecule has 0 radical (unpaired) electrons. The third kappa shape index (κ3) is 2.49. The molecule has 1 aromatic carbocycles. The number of hydrogen-bond donors (Lipinski definition) is 1. The van der Waals surface area contributed by atoms with Gasteiger partial charge in [0, 0.05) is 5.88 Å². The molecule has 0 amide bonds. The molecule has 1 N–H and O–H groups in total. The van der Waals surface area contributed by atoms with Crippen LogP contribution in [0.15, 0.2) is 18.2 Å². The number of ether oxygens (including phenoxy) is 1. The summed E-state index contributed by atoms with van der Waals surface area (Å²) in [5.74, 6) is 0.594. The van der Waals surface area contributed by atoms with Gasteiger partial charge in [0.05, 0.1) is 5.69 Å². The number of anilines is 1. The van der Waals surface area contributed by atoms with Crippen molar-refractivity contribution in [3.05, 3.63) is 24.0 Å². The molecule has 1 unspecified atom stereocenters. The molecule has 0 spiro atoms. The maximum absolute atomic E-state index is 13.4. The van der Waals surface area contributed by atoms with Crippen LogP contribution in [0.1, 0.15) is 12.8 Å². The number of hydrogen-bond acceptors (Lipinski definition) is 3. The van der Waals surface area contributed by atoms with Crippen LogP contribution in [0.3, 0.4) is 0 Å². The van der Waals surface area contributed by atoms with E-state index in [9.17, 15) is 4.39 Å². The Labute approximate surface area is 97.3 Å². The summed E-state index contributed by atoms with van der Waals surface area (Å²) in [4.78, 5) is 0. The number of halogens is 2. The molecule has 0 saturated carbocycles. The van der Waals surface area contributed by atoms with Gasteiger partial charge in [-0.2, -0.15) is 0 Å². The highest BCUT2D eigenvalue weighted by molar-refractivity contribution is 8.01. The highest BCUT2D eigenvalue weighted by Gasteiger charge is 2.22. The molecule has 2 nitrogen and oxygen atoms in total. The summed E-state index contributed by atoms with van der Waals surface area (Å²) in [6.45, 7) is 0. The second-order valence-corrected chi connectivity index (χ2v) is 4.56. The monoisotopic (exact) mass is 247 g/mol. The first kappa shape index (κ1) is 10.9. The van der Waals surface area contributed by atoms with Crippen LogP contribution in [-0.2, 0) is 0 Å². The van der Waals surface area contributed by atoms with E-state index in [-0.39, 0.29) is 11.3 Å². The first-order valence-electron chi connectivity index (χ1n) is 4.74. The topological polar surface area (TPSA) is 21.3 Å². The van der Waals surface area contributed by atoms with Gasteiger partial charge in [-0.3, -0.25) is 0 Å². The summed E-state index contributed by atoms with van der Waals surface area (Å²) >= 11 is 7.05. The molecule has 15 heavy (non-hydrogen) atoms. The van der Waals surface area contributed by atoms with E-state index in [1.54, 1.807) is 12.1 Å². The molecule has 0 aromatic heterocycles. The molecular weight excluding hydrogens is 237 g/mol. The lowest BCUT2D eigenvalue weighted by Gasteiger charge is -2.26. The Hall–Kier alpha value is -0.610. The zero-order chi connectivity index (χ0) is 10.7. The summed E-state index contributed by atoms with van der Waals surface area (Å²) in [5.41, 5.74) is 0.635. The summed E-state index contributed by atoms with van der Waals surface area (Å²) in [6.07, 6.45) is 1.68. The van der Waals surface area contributed by atoms with E-state index in [1.165, 1.54) is 18.0 Å². The lowest BCUT2D eigenvalue weighted by Crippen LogP contribution is -2.20. The van der Waals surface area contributed by atoms with Crippen LogP contribution in [0, 0.1) is 5.82 Å².